The Morgan fingerprint density at radius 1 is 1.09 bits per heavy atom. The van der Waals surface area contributed by atoms with Crippen molar-refractivity contribution >= 4 is 17.3 Å². The van der Waals surface area contributed by atoms with Gasteiger partial charge in [0.05, 0.1) is 18.2 Å². The number of benzene rings is 1. The lowest BCUT2D eigenvalue weighted by atomic mass is 9.75. The highest BCUT2D eigenvalue weighted by Crippen LogP contribution is 2.46. The number of rotatable bonds is 6. The summed E-state index contributed by atoms with van der Waals surface area (Å²) in [6.45, 7) is 12.3. The van der Waals surface area contributed by atoms with E-state index < -0.39 is 0 Å². The zero-order valence-electron chi connectivity index (χ0n) is 20.1. The fraction of sp³-hybridized carbons (Fsp3) is 0.357. The molecule has 0 amide bonds. The van der Waals surface area contributed by atoms with Gasteiger partial charge in [0.1, 0.15) is 18.4 Å². The minimum atomic E-state index is -0.299. The smallest absolute Gasteiger partial charge is 0.338 e. The quantitative estimate of drug-likeness (QED) is 0.659. The molecule has 2 unspecified atom stereocenters. The Bertz CT molecular complexity index is 1150. The van der Waals surface area contributed by atoms with Gasteiger partial charge in [-0.25, -0.2) is 9.79 Å². The van der Waals surface area contributed by atoms with E-state index in [1.165, 1.54) is 5.57 Å². The predicted octanol–water partition coefficient (Wildman–Crippen LogP) is 3.47. The van der Waals surface area contributed by atoms with Crippen LogP contribution >= 0.6 is 0 Å². The van der Waals surface area contributed by atoms with Gasteiger partial charge in [0.2, 0.25) is 5.71 Å². The molecule has 2 atom stereocenters. The Morgan fingerprint density at radius 2 is 1.88 bits per heavy atom. The highest BCUT2D eigenvalue weighted by atomic mass is 16.5. The van der Waals surface area contributed by atoms with Crippen molar-refractivity contribution in [3.8, 4) is 0 Å². The molecule has 1 heterocycles. The second kappa shape index (κ2) is 9.65. The predicted molar refractivity (Wildman–Crippen MR) is 132 cm³/mol. The van der Waals surface area contributed by atoms with Crippen LogP contribution in [0.15, 0.2) is 76.7 Å². The van der Waals surface area contributed by atoms with Gasteiger partial charge in [-0.05, 0) is 69.5 Å². The third-order valence-corrected chi connectivity index (χ3v) is 6.20. The molecule has 0 bridgehead atoms. The van der Waals surface area contributed by atoms with Crippen molar-refractivity contribution < 1.29 is 19.3 Å². The van der Waals surface area contributed by atoms with Crippen LogP contribution in [0.4, 0.5) is 0 Å². The molecule has 3 aliphatic rings. The van der Waals surface area contributed by atoms with Gasteiger partial charge in [-0.3, -0.25) is 0 Å². The number of fused-ring (bicyclic) bond motifs is 2. The van der Waals surface area contributed by atoms with Crippen LogP contribution in [-0.2, 0) is 9.47 Å². The summed E-state index contributed by atoms with van der Waals surface area (Å²) in [6.07, 6.45) is 8.53. The zero-order valence-corrected chi connectivity index (χ0v) is 20.1. The van der Waals surface area contributed by atoms with E-state index in [1.807, 2.05) is 31.2 Å². The Hall–Kier alpha value is -3.34. The summed E-state index contributed by atoms with van der Waals surface area (Å²) in [5.74, 6) is 0.512. The van der Waals surface area contributed by atoms with E-state index in [-0.39, 0.29) is 18.0 Å². The van der Waals surface area contributed by atoms with Crippen LogP contribution in [0.5, 0.6) is 0 Å². The molecule has 172 valence electrons. The molecular formula is C28H33N2O3+. The van der Waals surface area contributed by atoms with Crippen LogP contribution in [0, 0.1) is 5.92 Å². The van der Waals surface area contributed by atoms with Gasteiger partial charge in [0.25, 0.3) is 0 Å². The summed E-state index contributed by atoms with van der Waals surface area (Å²) in [5.41, 5.74) is 8.09. The molecule has 1 aromatic carbocycles. The Balaban J connectivity index is 1.95. The lowest BCUT2D eigenvalue weighted by Gasteiger charge is -2.38. The zero-order chi connectivity index (χ0) is 23.5. The van der Waals surface area contributed by atoms with E-state index in [1.54, 1.807) is 0 Å². The first-order chi connectivity index (χ1) is 16.0. The maximum atomic E-state index is 12.9. The molecule has 0 aromatic heterocycles. The molecule has 0 radical (unpaired) electrons. The molecule has 2 aliphatic carbocycles. The third kappa shape index (κ3) is 4.32. The Morgan fingerprint density at radius 3 is 2.61 bits per heavy atom. The average molecular weight is 446 g/mol. The molecular weight excluding hydrogens is 412 g/mol. The fourth-order valence-electron chi connectivity index (χ4n) is 4.73. The van der Waals surface area contributed by atoms with E-state index in [2.05, 4.69) is 62.3 Å². The van der Waals surface area contributed by atoms with Crippen molar-refractivity contribution in [2.24, 2.45) is 5.92 Å². The van der Waals surface area contributed by atoms with Crippen molar-refractivity contribution in [3.63, 3.8) is 0 Å². The summed E-state index contributed by atoms with van der Waals surface area (Å²) in [6, 6.07) is 7.74. The van der Waals surface area contributed by atoms with E-state index in [9.17, 15) is 4.79 Å². The molecule has 0 spiro atoms. The van der Waals surface area contributed by atoms with Crippen molar-refractivity contribution in [2.75, 3.05) is 19.7 Å². The number of likely N-dealkylation sites (N-methyl/N-ethyl adjacent to an activating group) is 1. The highest BCUT2D eigenvalue weighted by Gasteiger charge is 2.39. The first-order valence-corrected chi connectivity index (χ1v) is 11.8. The summed E-state index contributed by atoms with van der Waals surface area (Å²) in [7, 11) is 0. The summed E-state index contributed by atoms with van der Waals surface area (Å²) < 4.78 is 12.0. The molecule has 0 fully saturated rings. The highest BCUT2D eigenvalue weighted by molar-refractivity contribution is 6.08. The first-order valence-electron chi connectivity index (χ1n) is 11.8. The molecule has 2 N–H and O–H groups in total. The van der Waals surface area contributed by atoms with Gasteiger partial charge >= 0.3 is 5.97 Å². The number of carbonyl (C=O) groups is 1. The van der Waals surface area contributed by atoms with Crippen molar-refractivity contribution in [3.05, 3.63) is 87.9 Å². The largest absolute Gasteiger partial charge is 0.484 e. The number of hydrogen-bond acceptors (Lipinski definition) is 4. The number of nitrogens with one attached hydrogen (secondary N) is 2. The van der Waals surface area contributed by atoms with Gasteiger partial charge in [0, 0.05) is 29.3 Å². The number of esters is 1. The standard InChI is InChI=1S/C28H32N2O3/c1-6-29-23-15-25-21(13-17(23)4)27(19-11-9-10-12-20(19)28(31)32-8-3)22-14-18(5)24(30-7-2)16-26(22)33-25/h9-16,21,25,29H,6-8H2,1-5H3/p+1. The molecule has 0 saturated heterocycles. The van der Waals surface area contributed by atoms with Crippen molar-refractivity contribution in [2.45, 2.75) is 40.7 Å². The monoisotopic (exact) mass is 445 g/mol. The van der Waals surface area contributed by atoms with Crippen LogP contribution < -0.4 is 10.3 Å². The van der Waals surface area contributed by atoms with E-state index in [4.69, 9.17) is 9.47 Å². The van der Waals surface area contributed by atoms with Crippen molar-refractivity contribution in [1.29, 1.82) is 0 Å². The van der Waals surface area contributed by atoms with Gasteiger partial charge in [-0.15, -0.1) is 0 Å². The van der Waals surface area contributed by atoms with Crippen LogP contribution in [0.25, 0.3) is 5.57 Å². The number of allylic oxidation sites excluding steroid dienone is 4. The Kier molecular flexibility index (Phi) is 6.68. The first kappa shape index (κ1) is 22.8. The lowest BCUT2D eigenvalue weighted by molar-refractivity contribution is -0.451. The second-order valence-corrected chi connectivity index (χ2v) is 8.44. The normalized spacial score (nSPS) is 22.9. The minimum Gasteiger partial charge on any atom is -0.484 e. The van der Waals surface area contributed by atoms with Crippen LogP contribution in [0.2, 0.25) is 0 Å². The second-order valence-electron chi connectivity index (χ2n) is 8.44. The molecule has 4 rings (SSSR count). The fourth-order valence-corrected chi connectivity index (χ4v) is 4.73. The van der Waals surface area contributed by atoms with Gasteiger partial charge in [0.15, 0.2) is 0 Å². The summed E-state index contributed by atoms with van der Waals surface area (Å²) in [5, 5.41) is 3.45. The summed E-state index contributed by atoms with van der Waals surface area (Å²) in [4.78, 5) is 16.3. The van der Waals surface area contributed by atoms with E-state index >= 15 is 0 Å². The third-order valence-electron chi connectivity index (χ3n) is 6.20. The number of hydrogen-bond donors (Lipinski definition) is 2. The number of carbonyl (C=O) groups excluding carboxylic acids is 1. The van der Waals surface area contributed by atoms with Crippen LogP contribution in [-0.4, -0.2) is 37.5 Å². The van der Waals surface area contributed by atoms with Gasteiger partial charge in [-0.2, -0.15) is 0 Å². The lowest BCUT2D eigenvalue weighted by Crippen LogP contribution is -2.72. The minimum absolute atomic E-state index is 0.0140. The molecule has 5 heteroatoms. The van der Waals surface area contributed by atoms with Crippen LogP contribution in [0.1, 0.15) is 50.5 Å². The molecule has 5 nitrogen and oxygen atoms in total. The molecule has 1 aromatic rings. The average Bonchev–Trinajstić information content (AvgIpc) is 2.80. The van der Waals surface area contributed by atoms with E-state index in [0.717, 1.165) is 52.5 Å². The molecule has 1 aliphatic heterocycles. The molecule has 0 saturated carbocycles. The van der Waals surface area contributed by atoms with Gasteiger partial charge in [-0.1, -0.05) is 24.3 Å². The topological polar surface area (TPSA) is 61.5 Å². The summed E-state index contributed by atoms with van der Waals surface area (Å²) >= 11 is 0. The Labute approximate surface area is 196 Å². The molecule has 33 heavy (non-hydrogen) atoms. The maximum absolute atomic E-state index is 12.9. The van der Waals surface area contributed by atoms with Gasteiger partial charge < -0.3 is 14.8 Å². The number of ether oxygens (including phenoxy) is 2. The van der Waals surface area contributed by atoms with Crippen molar-refractivity contribution in [1.82, 2.24) is 5.32 Å². The maximum Gasteiger partial charge on any atom is 0.338 e. The van der Waals surface area contributed by atoms with Crippen LogP contribution in [0.3, 0.4) is 0 Å². The SMILES string of the molecule is CCNC1=CC2OC3=CC(=[NH+]CC)C(C)=CC3=C(c3ccccc3C(=O)OCC)C2C=C1C. The van der Waals surface area contributed by atoms with E-state index in [0.29, 0.717) is 12.2 Å².